The average molecular weight is 231 g/mol. The van der Waals surface area contributed by atoms with Gasteiger partial charge in [-0.05, 0) is 31.0 Å². The van der Waals surface area contributed by atoms with E-state index in [2.05, 4.69) is 10.1 Å². The third-order valence-electron chi connectivity index (χ3n) is 3.38. The van der Waals surface area contributed by atoms with Gasteiger partial charge in [0.05, 0.1) is 5.39 Å². The Morgan fingerprint density at radius 1 is 1.12 bits per heavy atom. The number of anilines is 2. The fourth-order valence-corrected chi connectivity index (χ4v) is 2.45. The molecule has 1 aliphatic rings. The Hall–Kier alpha value is -1.71. The number of nitrogens with zero attached hydrogens (tertiary/aromatic N) is 2. The molecule has 0 saturated carbocycles. The summed E-state index contributed by atoms with van der Waals surface area (Å²) in [6, 6.07) is 5.69. The summed E-state index contributed by atoms with van der Waals surface area (Å²) in [4.78, 5) is 2.32. The van der Waals surface area contributed by atoms with Crippen molar-refractivity contribution in [1.82, 2.24) is 5.16 Å². The summed E-state index contributed by atoms with van der Waals surface area (Å²) < 4.78 is 5.35. The molecule has 0 spiro atoms. The van der Waals surface area contributed by atoms with Gasteiger partial charge in [0.15, 0.2) is 11.4 Å². The number of hydrogen-bond acceptors (Lipinski definition) is 4. The lowest BCUT2D eigenvalue weighted by atomic mass is 10.2. The Morgan fingerprint density at radius 2 is 1.88 bits per heavy atom. The largest absolute Gasteiger partial charge is 0.399 e. The predicted molar refractivity (Wildman–Crippen MR) is 69.1 cm³/mol. The second-order valence-corrected chi connectivity index (χ2v) is 4.66. The lowest BCUT2D eigenvalue weighted by Crippen LogP contribution is -2.24. The van der Waals surface area contributed by atoms with Crippen LogP contribution in [0.25, 0.3) is 11.0 Å². The molecule has 1 fully saturated rings. The molecular formula is C13H17N3O. The molecule has 0 amide bonds. The number of aromatic nitrogens is 1. The minimum absolute atomic E-state index is 0.761. The number of benzene rings is 1. The highest BCUT2D eigenvalue weighted by molar-refractivity contribution is 5.90. The van der Waals surface area contributed by atoms with Crippen molar-refractivity contribution in [2.75, 3.05) is 23.7 Å². The predicted octanol–water partition coefficient (Wildman–Crippen LogP) is 2.79. The molecule has 2 N–H and O–H groups in total. The molecule has 1 saturated heterocycles. The lowest BCUT2D eigenvalue weighted by Gasteiger charge is -2.19. The van der Waals surface area contributed by atoms with Crippen molar-refractivity contribution >= 4 is 22.5 Å². The number of fused-ring (bicyclic) bond motifs is 1. The lowest BCUT2D eigenvalue weighted by molar-refractivity contribution is 0.454. The van der Waals surface area contributed by atoms with E-state index in [1.807, 2.05) is 18.2 Å². The molecule has 90 valence electrons. The summed E-state index contributed by atoms with van der Waals surface area (Å²) in [5.41, 5.74) is 7.40. The van der Waals surface area contributed by atoms with Gasteiger partial charge in [0.25, 0.3) is 0 Å². The van der Waals surface area contributed by atoms with E-state index < -0.39 is 0 Å². The number of hydrogen-bond donors (Lipinski definition) is 1. The zero-order chi connectivity index (χ0) is 11.7. The molecule has 3 rings (SSSR count). The van der Waals surface area contributed by atoms with Crippen molar-refractivity contribution in [1.29, 1.82) is 0 Å². The van der Waals surface area contributed by atoms with Crippen LogP contribution in [0.15, 0.2) is 22.7 Å². The van der Waals surface area contributed by atoms with Crippen LogP contribution in [0.5, 0.6) is 0 Å². The fourth-order valence-electron chi connectivity index (χ4n) is 2.45. The van der Waals surface area contributed by atoms with E-state index in [4.69, 9.17) is 10.3 Å². The van der Waals surface area contributed by atoms with Gasteiger partial charge in [0.1, 0.15) is 0 Å². The maximum absolute atomic E-state index is 5.82. The summed E-state index contributed by atoms with van der Waals surface area (Å²) in [5.74, 6) is 0.953. The molecule has 0 radical (unpaired) electrons. The maximum atomic E-state index is 5.82. The average Bonchev–Trinajstić information content (AvgIpc) is 2.58. The summed E-state index contributed by atoms with van der Waals surface area (Å²) >= 11 is 0. The summed E-state index contributed by atoms with van der Waals surface area (Å²) in [6.45, 7) is 2.13. The quantitative estimate of drug-likeness (QED) is 0.767. The molecule has 17 heavy (non-hydrogen) atoms. The van der Waals surface area contributed by atoms with Crippen LogP contribution < -0.4 is 10.6 Å². The fraction of sp³-hybridized carbons (Fsp3) is 0.462. The Kier molecular flexibility index (Phi) is 2.63. The monoisotopic (exact) mass is 231 g/mol. The van der Waals surface area contributed by atoms with E-state index in [9.17, 15) is 0 Å². The van der Waals surface area contributed by atoms with Crippen molar-refractivity contribution in [3.8, 4) is 0 Å². The van der Waals surface area contributed by atoms with Gasteiger partial charge in [-0.15, -0.1) is 0 Å². The molecule has 0 aliphatic carbocycles. The normalized spacial score (nSPS) is 17.3. The third kappa shape index (κ3) is 1.95. The van der Waals surface area contributed by atoms with Crippen LogP contribution in [0, 0.1) is 0 Å². The van der Waals surface area contributed by atoms with Gasteiger partial charge in [-0.2, -0.15) is 0 Å². The standard InChI is InChI=1S/C13H17N3O/c14-10-5-6-12-11(9-10)13(15-17-12)16-7-3-1-2-4-8-16/h5-6,9H,1-4,7-8,14H2. The minimum Gasteiger partial charge on any atom is -0.399 e. The van der Waals surface area contributed by atoms with Crippen LogP contribution in [0.1, 0.15) is 25.7 Å². The molecule has 1 aliphatic heterocycles. The number of rotatable bonds is 1. The van der Waals surface area contributed by atoms with E-state index >= 15 is 0 Å². The van der Waals surface area contributed by atoms with E-state index in [1.165, 1.54) is 25.7 Å². The van der Waals surface area contributed by atoms with E-state index in [-0.39, 0.29) is 0 Å². The minimum atomic E-state index is 0.761. The Bertz CT molecular complexity index is 512. The first-order chi connectivity index (χ1) is 8.34. The molecule has 2 heterocycles. The molecule has 1 aromatic carbocycles. The van der Waals surface area contributed by atoms with Gasteiger partial charge in [0, 0.05) is 18.8 Å². The highest BCUT2D eigenvalue weighted by Gasteiger charge is 2.17. The summed E-state index contributed by atoms with van der Waals surface area (Å²) in [5, 5.41) is 5.23. The Labute approximate surface area is 100 Å². The van der Waals surface area contributed by atoms with Gasteiger partial charge in [-0.1, -0.05) is 18.0 Å². The zero-order valence-corrected chi connectivity index (χ0v) is 9.85. The highest BCUT2D eigenvalue weighted by atomic mass is 16.5. The second kappa shape index (κ2) is 4.28. The van der Waals surface area contributed by atoms with E-state index in [0.717, 1.165) is 35.6 Å². The van der Waals surface area contributed by atoms with Crippen molar-refractivity contribution in [2.24, 2.45) is 0 Å². The van der Waals surface area contributed by atoms with Crippen LogP contribution in [-0.4, -0.2) is 18.2 Å². The molecule has 0 atom stereocenters. The van der Waals surface area contributed by atoms with Crippen LogP contribution in [-0.2, 0) is 0 Å². The van der Waals surface area contributed by atoms with Gasteiger partial charge in [-0.3, -0.25) is 0 Å². The smallest absolute Gasteiger partial charge is 0.180 e. The molecule has 2 aromatic rings. The van der Waals surface area contributed by atoms with Crippen molar-refractivity contribution < 1.29 is 4.52 Å². The first-order valence-electron chi connectivity index (χ1n) is 6.24. The maximum Gasteiger partial charge on any atom is 0.180 e. The summed E-state index contributed by atoms with van der Waals surface area (Å²) in [7, 11) is 0. The summed E-state index contributed by atoms with van der Waals surface area (Å²) in [6.07, 6.45) is 5.09. The van der Waals surface area contributed by atoms with E-state index in [1.54, 1.807) is 0 Å². The van der Waals surface area contributed by atoms with Crippen LogP contribution in [0.2, 0.25) is 0 Å². The zero-order valence-electron chi connectivity index (χ0n) is 9.85. The van der Waals surface area contributed by atoms with Crippen LogP contribution in [0.3, 0.4) is 0 Å². The second-order valence-electron chi connectivity index (χ2n) is 4.66. The molecular weight excluding hydrogens is 214 g/mol. The molecule has 4 heteroatoms. The van der Waals surface area contributed by atoms with Crippen LogP contribution >= 0.6 is 0 Å². The Balaban J connectivity index is 2.00. The molecule has 0 unspecified atom stereocenters. The highest BCUT2D eigenvalue weighted by Crippen LogP contribution is 2.29. The molecule has 1 aromatic heterocycles. The van der Waals surface area contributed by atoms with Gasteiger partial charge in [-0.25, -0.2) is 0 Å². The van der Waals surface area contributed by atoms with Gasteiger partial charge in [0.2, 0.25) is 0 Å². The van der Waals surface area contributed by atoms with Gasteiger partial charge >= 0.3 is 0 Å². The Morgan fingerprint density at radius 3 is 2.65 bits per heavy atom. The molecule has 0 bridgehead atoms. The first-order valence-corrected chi connectivity index (χ1v) is 6.24. The number of nitrogens with two attached hydrogens (primary N) is 1. The van der Waals surface area contributed by atoms with Gasteiger partial charge < -0.3 is 15.2 Å². The van der Waals surface area contributed by atoms with Crippen LogP contribution in [0.4, 0.5) is 11.5 Å². The molecule has 4 nitrogen and oxygen atoms in total. The third-order valence-corrected chi connectivity index (χ3v) is 3.38. The topological polar surface area (TPSA) is 55.3 Å². The first kappa shape index (κ1) is 10.4. The SMILES string of the molecule is Nc1ccc2onc(N3CCCCCC3)c2c1. The van der Waals surface area contributed by atoms with Crippen molar-refractivity contribution in [3.63, 3.8) is 0 Å². The van der Waals surface area contributed by atoms with Crippen molar-refractivity contribution in [3.05, 3.63) is 18.2 Å². The number of nitrogen functional groups attached to an aromatic ring is 1. The van der Waals surface area contributed by atoms with E-state index in [0.29, 0.717) is 0 Å². The van der Waals surface area contributed by atoms with Crippen molar-refractivity contribution in [2.45, 2.75) is 25.7 Å².